The Morgan fingerprint density at radius 3 is 2.75 bits per heavy atom. The monoisotopic (exact) mass is 344 g/mol. The van der Waals surface area contributed by atoms with Crippen LogP contribution in [0.5, 0.6) is 0 Å². The predicted octanol–water partition coefficient (Wildman–Crippen LogP) is 1.64. The largest absolute Gasteiger partial charge is 0.480 e. The third kappa shape index (κ3) is 4.82. The quantitative estimate of drug-likeness (QED) is 0.515. The first-order valence-corrected chi connectivity index (χ1v) is 6.82. The third-order valence-electron chi connectivity index (χ3n) is 2.71. The number of carbonyl (C=O) groups is 2. The molecule has 0 heterocycles. The number of carboxylic acids is 1. The Balaban J connectivity index is 2.69. The summed E-state index contributed by atoms with van der Waals surface area (Å²) in [7, 11) is 1.54. The molecule has 1 unspecified atom stereocenters. The molecule has 1 rings (SSSR count). The van der Waals surface area contributed by atoms with E-state index in [1.165, 1.54) is 0 Å². The highest BCUT2D eigenvalue weighted by molar-refractivity contribution is 9.10. The second-order valence-electron chi connectivity index (χ2n) is 4.24. The molecule has 0 aliphatic carbocycles. The van der Waals surface area contributed by atoms with E-state index in [-0.39, 0.29) is 0 Å². The molecule has 0 bridgehead atoms. The molecule has 4 N–H and O–H groups in total. The average molecular weight is 345 g/mol. The number of nitrogens with one attached hydrogen (secondary N) is 1. The lowest BCUT2D eigenvalue weighted by molar-refractivity contribution is -0.139. The van der Waals surface area contributed by atoms with Crippen molar-refractivity contribution in [3.63, 3.8) is 0 Å². The highest BCUT2D eigenvalue weighted by atomic mass is 79.9. The van der Waals surface area contributed by atoms with Crippen molar-refractivity contribution in [1.82, 2.24) is 5.32 Å². The van der Waals surface area contributed by atoms with Crippen LogP contribution in [0.25, 0.3) is 0 Å². The van der Waals surface area contributed by atoms with Crippen molar-refractivity contribution in [3.05, 3.63) is 28.2 Å². The number of nitrogen functional groups attached to an aromatic ring is 1. The number of anilines is 1. The minimum Gasteiger partial charge on any atom is -0.480 e. The third-order valence-corrected chi connectivity index (χ3v) is 3.39. The minimum atomic E-state index is -1.07. The average Bonchev–Trinajstić information content (AvgIpc) is 2.40. The number of ether oxygens (including phenoxy) is 1. The summed E-state index contributed by atoms with van der Waals surface area (Å²) >= 11 is 3.22. The van der Waals surface area contributed by atoms with E-state index in [9.17, 15) is 9.59 Å². The van der Waals surface area contributed by atoms with E-state index in [0.717, 1.165) is 0 Å². The van der Waals surface area contributed by atoms with Crippen molar-refractivity contribution >= 4 is 33.5 Å². The van der Waals surface area contributed by atoms with Crippen LogP contribution >= 0.6 is 15.9 Å². The van der Waals surface area contributed by atoms with Gasteiger partial charge in [-0.3, -0.25) is 4.79 Å². The van der Waals surface area contributed by atoms with Crippen molar-refractivity contribution in [2.75, 3.05) is 19.5 Å². The SMILES string of the molecule is COCCCC(NC(=O)c1ccc(N)c(Br)c1)C(=O)O. The number of halogens is 1. The highest BCUT2D eigenvalue weighted by Gasteiger charge is 2.20. The van der Waals surface area contributed by atoms with Gasteiger partial charge < -0.3 is 20.9 Å². The Kier molecular flexibility index (Phi) is 6.47. The van der Waals surface area contributed by atoms with Crippen LogP contribution < -0.4 is 11.1 Å². The van der Waals surface area contributed by atoms with Gasteiger partial charge in [-0.2, -0.15) is 0 Å². The molecule has 0 aromatic heterocycles. The topological polar surface area (TPSA) is 102 Å². The maximum absolute atomic E-state index is 12.0. The molecular formula is C13H17BrN2O4. The van der Waals surface area contributed by atoms with Crippen molar-refractivity contribution in [1.29, 1.82) is 0 Å². The smallest absolute Gasteiger partial charge is 0.326 e. The maximum atomic E-state index is 12.0. The molecule has 1 amide bonds. The lowest BCUT2D eigenvalue weighted by Gasteiger charge is -2.14. The normalized spacial score (nSPS) is 11.9. The van der Waals surface area contributed by atoms with Crippen LogP contribution in [0.2, 0.25) is 0 Å². The first-order chi connectivity index (χ1) is 9.45. The molecule has 0 saturated heterocycles. The summed E-state index contributed by atoms with van der Waals surface area (Å²) in [6.07, 6.45) is 0.865. The van der Waals surface area contributed by atoms with E-state index in [0.29, 0.717) is 35.2 Å². The van der Waals surface area contributed by atoms with Crippen molar-refractivity contribution in [3.8, 4) is 0 Å². The summed E-state index contributed by atoms with van der Waals surface area (Å²) in [6.45, 7) is 0.451. The molecule has 20 heavy (non-hydrogen) atoms. The molecule has 0 spiro atoms. The molecule has 0 aliphatic rings. The van der Waals surface area contributed by atoms with Crippen molar-refractivity contribution < 1.29 is 19.4 Å². The Morgan fingerprint density at radius 1 is 1.50 bits per heavy atom. The first-order valence-electron chi connectivity index (χ1n) is 6.03. The van der Waals surface area contributed by atoms with Crippen LogP contribution in [-0.2, 0) is 9.53 Å². The van der Waals surface area contributed by atoms with Gasteiger partial charge in [-0.05, 0) is 47.0 Å². The van der Waals surface area contributed by atoms with Gasteiger partial charge in [0, 0.05) is 29.4 Å². The molecule has 0 fully saturated rings. The van der Waals surface area contributed by atoms with Crippen molar-refractivity contribution in [2.45, 2.75) is 18.9 Å². The zero-order valence-electron chi connectivity index (χ0n) is 11.1. The summed E-state index contributed by atoms with van der Waals surface area (Å²) < 4.78 is 5.46. The van der Waals surface area contributed by atoms with Gasteiger partial charge in [0.05, 0.1) is 0 Å². The molecule has 1 aromatic rings. The lowest BCUT2D eigenvalue weighted by Crippen LogP contribution is -2.40. The van der Waals surface area contributed by atoms with E-state index in [1.807, 2.05) is 0 Å². The van der Waals surface area contributed by atoms with Gasteiger partial charge in [-0.25, -0.2) is 4.79 Å². The summed E-state index contributed by atoms with van der Waals surface area (Å²) in [4.78, 5) is 23.1. The van der Waals surface area contributed by atoms with Crippen LogP contribution in [0.3, 0.4) is 0 Å². The van der Waals surface area contributed by atoms with Crippen molar-refractivity contribution in [2.24, 2.45) is 0 Å². The van der Waals surface area contributed by atoms with E-state index in [1.54, 1.807) is 25.3 Å². The van der Waals surface area contributed by atoms with Crippen LogP contribution in [0.15, 0.2) is 22.7 Å². The van der Waals surface area contributed by atoms with Crippen LogP contribution in [0, 0.1) is 0 Å². The van der Waals surface area contributed by atoms with E-state index in [2.05, 4.69) is 21.2 Å². The number of hydrogen-bond acceptors (Lipinski definition) is 4. The molecule has 0 aliphatic heterocycles. The van der Waals surface area contributed by atoms with Gasteiger partial charge in [-0.1, -0.05) is 0 Å². The summed E-state index contributed by atoms with van der Waals surface area (Å²) in [5.41, 5.74) is 6.49. The van der Waals surface area contributed by atoms with Crippen LogP contribution in [-0.4, -0.2) is 36.7 Å². The standard InChI is InChI=1S/C13H17BrN2O4/c1-20-6-2-3-11(13(18)19)16-12(17)8-4-5-10(15)9(14)7-8/h4-5,7,11H,2-3,6,15H2,1H3,(H,16,17)(H,18,19). The second kappa shape index (κ2) is 7.86. The van der Waals surface area contributed by atoms with Crippen LogP contribution in [0.4, 0.5) is 5.69 Å². The van der Waals surface area contributed by atoms with Gasteiger partial charge in [0.1, 0.15) is 6.04 Å². The first kappa shape index (κ1) is 16.5. The fourth-order valence-corrected chi connectivity index (χ4v) is 1.98. The van der Waals surface area contributed by atoms with E-state index >= 15 is 0 Å². The molecular weight excluding hydrogens is 328 g/mol. The number of methoxy groups -OCH3 is 1. The highest BCUT2D eigenvalue weighted by Crippen LogP contribution is 2.20. The Bertz CT molecular complexity index is 493. The summed E-state index contributed by atoms with van der Waals surface area (Å²) in [5.74, 6) is -1.51. The second-order valence-corrected chi connectivity index (χ2v) is 5.09. The number of amides is 1. The molecule has 6 nitrogen and oxygen atoms in total. The zero-order valence-corrected chi connectivity index (χ0v) is 12.6. The number of aliphatic carboxylic acids is 1. The number of benzene rings is 1. The van der Waals surface area contributed by atoms with Gasteiger partial charge in [0.25, 0.3) is 5.91 Å². The van der Waals surface area contributed by atoms with E-state index < -0.39 is 17.9 Å². The predicted molar refractivity (Wildman–Crippen MR) is 78.6 cm³/mol. The Labute approximate surface area is 125 Å². The number of carbonyl (C=O) groups excluding carboxylic acids is 1. The van der Waals surface area contributed by atoms with E-state index in [4.69, 9.17) is 15.6 Å². The van der Waals surface area contributed by atoms with Gasteiger partial charge >= 0.3 is 5.97 Å². The molecule has 0 radical (unpaired) electrons. The lowest BCUT2D eigenvalue weighted by atomic mass is 10.1. The molecule has 7 heteroatoms. The minimum absolute atomic E-state index is 0.311. The Hall–Kier alpha value is -1.60. The number of rotatable bonds is 7. The molecule has 0 saturated carbocycles. The molecule has 110 valence electrons. The molecule has 1 aromatic carbocycles. The summed E-state index contributed by atoms with van der Waals surface area (Å²) in [5, 5.41) is 11.6. The summed E-state index contributed by atoms with van der Waals surface area (Å²) in [6, 6.07) is 3.75. The number of carboxylic acid groups (broad SMARTS) is 1. The fourth-order valence-electron chi connectivity index (χ4n) is 1.60. The van der Waals surface area contributed by atoms with Gasteiger partial charge in [-0.15, -0.1) is 0 Å². The molecule has 1 atom stereocenters. The maximum Gasteiger partial charge on any atom is 0.326 e. The zero-order chi connectivity index (χ0) is 15.1. The van der Waals surface area contributed by atoms with Crippen LogP contribution in [0.1, 0.15) is 23.2 Å². The van der Waals surface area contributed by atoms with Gasteiger partial charge in [0.15, 0.2) is 0 Å². The van der Waals surface area contributed by atoms with Gasteiger partial charge in [0.2, 0.25) is 0 Å². The number of nitrogens with two attached hydrogens (primary N) is 1. The number of hydrogen-bond donors (Lipinski definition) is 3. The fraction of sp³-hybridized carbons (Fsp3) is 0.385. The Morgan fingerprint density at radius 2 is 2.20 bits per heavy atom.